The summed E-state index contributed by atoms with van der Waals surface area (Å²) in [6.45, 7) is 0.785. The maximum Gasteiger partial charge on any atom is 0.416 e. The molecular formula is C23H19F3NO3-. The number of rotatable bonds is 3. The first-order valence-electron chi connectivity index (χ1n) is 9.94. The highest BCUT2D eigenvalue weighted by molar-refractivity contribution is 5.86. The number of carboxylic acid groups (broad SMARTS) is 1. The lowest BCUT2D eigenvalue weighted by atomic mass is 9.75. The number of hydrogen-bond donors (Lipinski definition) is 0. The molecule has 0 amide bonds. The second kappa shape index (κ2) is 6.52. The molecule has 2 aromatic rings. The number of anilines is 1. The van der Waals surface area contributed by atoms with Gasteiger partial charge in [-0.25, -0.2) is 0 Å². The van der Waals surface area contributed by atoms with Gasteiger partial charge in [-0.3, -0.25) is 0 Å². The lowest BCUT2D eigenvalue weighted by Crippen LogP contribution is -2.54. The maximum atomic E-state index is 13.2. The molecule has 0 atom stereocenters. The highest BCUT2D eigenvalue weighted by atomic mass is 19.4. The summed E-state index contributed by atoms with van der Waals surface area (Å²) in [7, 11) is 0. The predicted octanol–water partition coefficient (Wildman–Crippen LogP) is 3.64. The number of hydrogen-bond acceptors (Lipinski definition) is 4. The second-order valence-electron chi connectivity index (χ2n) is 8.26. The number of carbonyl (C=O) groups excluding carboxylic acids is 1. The molecule has 30 heavy (non-hydrogen) atoms. The van der Waals surface area contributed by atoms with Crippen molar-refractivity contribution in [2.24, 2.45) is 5.92 Å². The van der Waals surface area contributed by atoms with Crippen LogP contribution in [0, 0.1) is 5.92 Å². The van der Waals surface area contributed by atoms with Crippen molar-refractivity contribution in [2.75, 3.05) is 18.0 Å². The molecule has 2 fully saturated rings. The number of fused-ring (bicyclic) bond motifs is 1. The number of carbonyl (C=O) groups is 1. The smallest absolute Gasteiger partial charge is 0.416 e. The summed E-state index contributed by atoms with van der Waals surface area (Å²) < 4.78 is 45.7. The fourth-order valence-corrected chi connectivity index (χ4v) is 4.31. The first-order chi connectivity index (χ1) is 14.2. The lowest BCUT2D eigenvalue weighted by Gasteiger charge is -2.44. The minimum atomic E-state index is -4.43. The van der Waals surface area contributed by atoms with E-state index in [2.05, 4.69) is 0 Å². The maximum absolute atomic E-state index is 13.2. The van der Waals surface area contributed by atoms with Gasteiger partial charge >= 0.3 is 6.18 Å². The average molecular weight is 414 g/mol. The van der Waals surface area contributed by atoms with Crippen LogP contribution in [0.3, 0.4) is 0 Å². The molecule has 2 aliphatic heterocycles. The van der Waals surface area contributed by atoms with Crippen LogP contribution in [0.4, 0.5) is 18.9 Å². The summed E-state index contributed by atoms with van der Waals surface area (Å²) >= 11 is 0. The van der Waals surface area contributed by atoms with Gasteiger partial charge in [-0.15, -0.1) is 0 Å². The summed E-state index contributed by atoms with van der Waals surface area (Å²) in [4.78, 5) is 12.9. The van der Waals surface area contributed by atoms with Gasteiger partial charge in [-0.2, -0.15) is 13.2 Å². The standard InChI is InChI=1S/C23H20F3NO3/c24-23(25,26)16-5-6-18-19(11-22(7-2-8-22)30-20(18)10-16)14-3-1-4-17(9-14)27-12-15(13-27)21(28)29/h1,3-6,9-11,15H,2,7-8,12-13H2,(H,28,29)/p-1. The van der Waals surface area contributed by atoms with Crippen LogP contribution in [0.1, 0.15) is 36.0 Å². The first kappa shape index (κ1) is 19.0. The van der Waals surface area contributed by atoms with E-state index in [1.165, 1.54) is 6.07 Å². The van der Waals surface area contributed by atoms with Crippen molar-refractivity contribution < 1.29 is 27.8 Å². The minimum absolute atomic E-state index is 0.258. The van der Waals surface area contributed by atoms with Crippen LogP contribution in [0.15, 0.2) is 48.5 Å². The van der Waals surface area contributed by atoms with Gasteiger partial charge in [0.05, 0.1) is 5.56 Å². The first-order valence-corrected chi connectivity index (χ1v) is 9.94. The van der Waals surface area contributed by atoms with Crippen molar-refractivity contribution in [3.05, 3.63) is 65.2 Å². The van der Waals surface area contributed by atoms with Crippen molar-refractivity contribution in [3.8, 4) is 5.75 Å². The van der Waals surface area contributed by atoms with Crippen molar-refractivity contribution in [1.82, 2.24) is 0 Å². The lowest BCUT2D eigenvalue weighted by molar-refractivity contribution is -0.312. The number of ether oxygens (including phenoxy) is 1. The molecule has 5 rings (SSSR count). The number of benzene rings is 2. The summed E-state index contributed by atoms with van der Waals surface area (Å²) in [5, 5.41) is 11.0. The third-order valence-corrected chi connectivity index (χ3v) is 6.26. The molecule has 1 saturated heterocycles. The van der Waals surface area contributed by atoms with Crippen LogP contribution in [0.25, 0.3) is 5.57 Å². The molecule has 0 N–H and O–H groups in total. The van der Waals surface area contributed by atoms with E-state index in [1.807, 2.05) is 35.2 Å². The Morgan fingerprint density at radius 2 is 1.90 bits per heavy atom. The van der Waals surface area contributed by atoms with E-state index in [1.54, 1.807) is 0 Å². The Bertz CT molecular complexity index is 1050. The number of halogens is 3. The number of carboxylic acids is 1. The van der Waals surface area contributed by atoms with E-state index >= 15 is 0 Å². The van der Waals surface area contributed by atoms with Gasteiger partial charge in [0.1, 0.15) is 11.4 Å². The van der Waals surface area contributed by atoms with Crippen molar-refractivity contribution >= 4 is 17.2 Å². The SMILES string of the molecule is O=C([O-])C1CN(c2cccc(C3=CC4(CCC4)Oc4cc(C(F)(F)F)ccc43)c2)C1. The topological polar surface area (TPSA) is 52.6 Å². The molecule has 2 heterocycles. The summed E-state index contributed by atoms with van der Waals surface area (Å²) in [6, 6.07) is 11.3. The van der Waals surface area contributed by atoms with E-state index in [0.717, 1.165) is 48.2 Å². The quantitative estimate of drug-likeness (QED) is 0.770. The fourth-order valence-electron chi connectivity index (χ4n) is 4.31. The molecule has 7 heteroatoms. The largest absolute Gasteiger partial charge is 0.550 e. The third kappa shape index (κ3) is 3.13. The van der Waals surface area contributed by atoms with Gasteiger partial charge in [-0.05, 0) is 60.7 Å². The van der Waals surface area contributed by atoms with Crippen LogP contribution >= 0.6 is 0 Å². The third-order valence-electron chi connectivity index (χ3n) is 6.26. The normalized spacial score (nSPS) is 20.0. The molecular weight excluding hydrogens is 395 g/mol. The molecule has 1 aliphatic carbocycles. The van der Waals surface area contributed by atoms with Crippen LogP contribution in [0.2, 0.25) is 0 Å². The molecule has 1 spiro atoms. The van der Waals surface area contributed by atoms with E-state index in [0.29, 0.717) is 18.7 Å². The number of aliphatic carboxylic acids is 1. The summed E-state index contributed by atoms with van der Waals surface area (Å²) in [6.07, 6.45) is 0.109. The van der Waals surface area contributed by atoms with Gasteiger partial charge in [0.15, 0.2) is 0 Å². The van der Waals surface area contributed by atoms with Crippen LogP contribution in [0.5, 0.6) is 5.75 Å². The van der Waals surface area contributed by atoms with Crippen LogP contribution in [-0.4, -0.2) is 24.7 Å². The summed E-state index contributed by atoms with van der Waals surface area (Å²) in [5.74, 6) is -1.26. The van der Waals surface area contributed by atoms with Gasteiger partial charge in [0, 0.05) is 36.2 Å². The average Bonchev–Trinajstić information content (AvgIpc) is 2.63. The van der Waals surface area contributed by atoms with Gasteiger partial charge in [0.2, 0.25) is 0 Å². The zero-order valence-electron chi connectivity index (χ0n) is 16.0. The van der Waals surface area contributed by atoms with E-state index in [4.69, 9.17) is 4.74 Å². The zero-order valence-corrected chi connectivity index (χ0v) is 16.0. The number of nitrogens with zero attached hydrogens (tertiary/aromatic N) is 1. The molecule has 2 aromatic carbocycles. The molecule has 0 aromatic heterocycles. The number of alkyl halides is 3. The van der Waals surface area contributed by atoms with Crippen LogP contribution in [-0.2, 0) is 11.0 Å². The van der Waals surface area contributed by atoms with E-state index in [-0.39, 0.29) is 5.75 Å². The summed E-state index contributed by atoms with van der Waals surface area (Å²) in [5.41, 5.74) is 1.96. The van der Waals surface area contributed by atoms with Crippen molar-refractivity contribution in [3.63, 3.8) is 0 Å². The Hall–Kier alpha value is -2.96. The molecule has 0 unspecified atom stereocenters. The Labute approximate surface area is 171 Å². The second-order valence-corrected chi connectivity index (χ2v) is 8.26. The Morgan fingerprint density at radius 3 is 2.53 bits per heavy atom. The molecule has 1 saturated carbocycles. The molecule has 156 valence electrons. The Kier molecular flexibility index (Phi) is 4.14. The monoisotopic (exact) mass is 414 g/mol. The van der Waals surface area contributed by atoms with Crippen LogP contribution < -0.4 is 14.7 Å². The van der Waals surface area contributed by atoms with E-state index in [9.17, 15) is 23.1 Å². The minimum Gasteiger partial charge on any atom is -0.550 e. The predicted molar refractivity (Wildman–Crippen MR) is 103 cm³/mol. The van der Waals surface area contributed by atoms with Crippen molar-refractivity contribution in [1.29, 1.82) is 0 Å². The van der Waals surface area contributed by atoms with Gasteiger partial charge < -0.3 is 19.5 Å². The molecule has 3 aliphatic rings. The van der Waals surface area contributed by atoms with Gasteiger partial charge in [-0.1, -0.05) is 18.2 Å². The van der Waals surface area contributed by atoms with E-state index < -0.39 is 29.2 Å². The Balaban J connectivity index is 1.52. The van der Waals surface area contributed by atoms with Crippen molar-refractivity contribution in [2.45, 2.75) is 31.0 Å². The zero-order chi connectivity index (χ0) is 21.1. The Morgan fingerprint density at radius 1 is 1.13 bits per heavy atom. The highest BCUT2D eigenvalue weighted by Gasteiger charge is 2.42. The molecule has 0 bridgehead atoms. The molecule has 4 nitrogen and oxygen atoms in total. The molecule has 0 radical (unpaired) electrons. The highest BCUT2D eigenvalue weighted by Crippen LogP contribution is 2.49. The fraction of sp³-hybridized carbons (Fsp3) is 0.348. The van der Waals surface area contributed by atoms with Gasteiger partial charge in [0.25, 0.3) is 0 Å².